The van der Waals surface area contributed by atoms with E-state index in [0.717, 1.165) is 23.7 Å². The van der Waals surface area contributed by atoms with Crippen LogP contribution in [0, 0.1) is 0 Å². The number of amides is 1. The van der Waals surface area contributed by atoms with Gasteiger partial charge < -0.3 is 10.6 Å². The Morgan fingerprint density at radius 2 is 2.37 bits per heavy atom. The van der Waals surface area contributed by atoms with Gasteiger partial charge in [-0.1, -0.05) is 23.7 Å². The van der Waals surface area contributed by atoms with Crippen molar-refractivity contribution in [3.8, 4) is 0 Å². The second-order valence-corrected chi connectivity index (χ2v) is 5.24. The average Bonchev–Trinajstić information content (AvgIpc) is 2.45. The van der Waals surface area contributed by atoms with Gasteiger partial charge in [-0.25, -0.2) is 0 Å². The fraction of sp³-hybridized carbons (Fsp3) is 0.500. The highest BCUT2D eigenvalue weighted by Crippen LogP contribution is 2.25. The van der Waals surface area contributed by atoms with E-state index >= 15 is 0 Å². The second kappa shape index (κ2) is 6.37. The van der Waals surface area contributed by atoms with Gasteiger partial charge in [0.25, 0.3) is 0 Å². The number of rotatable bonds is 3. The van der Waals surface area contributed by atoms with Gasteiger partial charge in [0.15, 0.2) is 0 Å². The Kier molecular flexibility index (Phi) is 4.80. The van der Waals surface area contributed by atoms with E-state index in [1.54, 1.807) is 7.05 Å². The predicted octanol–water partition coefficient (Wildman–Crippen LogP) is 1.42. The van der Waals surface area contributed by atoms with E-state index in [1.807, 2.05) is 18.2 Å². The number of benzene rings is 1. The largest absolute Gasteiger partial charge is 0.358 e. The molecule has 19 heavy (non-hydrogen) atoms. The van der Waals surface area contributed by atoms with E-state index in [2.05, 4.69) is 28.5 Å². The van der Waals surface area contributed by atoms with Gasteiger partial charge in [0.2, 0.25) is 5.91 Å². The Morgan fingerprint density at radius 1 is 1.58 bits per heavy atom. The number of carbonyl (C=O) groups is 1. The third-order valence-electron chi connectivity index (χ3n) is 3.66. The minimum Gasteiger partial charge on any atom is -0.358 e. The van der Waals surface area contributed by atoms with Crippen molar-refractivity contribution in [2.24, 2.45) is 0 Å². The number of halogens is 1. The van der Waals surface area contributed by atoms with E-state index in [4.69, 9.17) is 11.6 Å². The minimum absolute atomic E-state index is 0.0566. The van der Waals surface area contributed by atoms with Crippen molar-refractivity contribution in [1.29, 1.82) is 0 Å². The lowest BCUT2D eigenvalue weighted by atomic mass is 10.0. The molecule has 2 atom stereocenters. The molecule has 1 aromatic carbocycles. The zero-order valence-electron chi connectivity index (χ0n) is 11.3. The molecule has 0 spiro atoms. The van der Waals surface area contributed by atoms with E-state index in [0.29, 0.717) is 6.54 Å². The number of nitrogens with zero attached hydrogens (tertiary/aromatic N) is 1. The number of hydrogen-bond acceptors (Lipinski definition) is 3. The standard InChI is InChI=1S/C14H20ClN3O/c1-10(11-4-3-5-12(15)8-11)18-7-6-17-9-13(18)14(19)16-2/h3-5,8,10,13,17H,6-7,9H2,1-2H3,(H,16,19). The van der Waals surface area contributed by atoms with Gasteiger partial charge in [0.05, 0.1) is 0 Å². The van der Waals surface area contributed by atoms with Gasteiger partial charge in [-0.15, -0.1) is 0 Å². The topological polar surface area (TPSA) is 44.4 Å². The number of carbonyl (C=O) groups excluding carboxylic acids is 1. The van der Waals surface area contributed by atoms with Crippen molar-refractivity contribution in [1.82, 2.24) is 15.5 Å². The lowest BCUT2D eigenvalue weighted by Crippen LogP contribution is -2.57. The van der Waals surface area contributed by atoms with Crippen LogP contribution in [0.2, 0.25) is 5.02 Å². The van der Waals surface area contributed by atoms with E-state index < -0.39 is 0 Å². The molecule has 2 unspecified atom stereocenters. The zero-order chi connectivity index (χ0) is 13.8. The first kappa shape index (κ1) is 14.3. The SMILES string of the molecule is CNC(=O)C1CNCCN1C(C)c1cccc(Cl)c1. The van der Waals surface area contributed by atoms with Crippen LogP contribution >= 0.6 is 11.6 Å². The molecule has 0 aromatic heterocycles. The summed E-state index contributed by atoms with van der Waals surface area (Å²) in [5.41, 5.74) is 1.14. The van der Waals surface area contributed by atoms with Crippen LogP contribution in [0.4, 0.5) is 0 Å². The third kappa shape index (κ3) is 3.26. The monoisotopic (exact) mass is 281 g/mol. The van der Waals surface area contributed by atoms with Crippen LogP contribution in [0.25, 0.3) is 0 Å². The highest BCUT2D eigenvalue weighted by atomic mass is 35.5. The Bertz CT molecular complexity index is 452. The minimum atomic E-state index is -0.132. The molecular weight excluding hydrogens is 262 g/mol. The molecule has 1 amide bonds. The average molecular weight is 282 g/mol. The van der Waals surface area contributed by atoms with Crippen LogP contribution < -0.4 is 10.6 Å². The number of hydrogen-bond donors (Lipinski definition) is 2. The molecule has 1 saturated heterocycles. The normalized spacial score (nSPS) is 21.9. The van der Waals surface area contributed by atoms with Gasteiger partial charge in [-0.3, -0.25) is 9.69 Å². The maximum atomic E-state index is 12.0. The third-order valence-corrected chi connectivity index (χ3v) is 3.90. The van der Waals surface area contributed by atoms with Crippen LogP contribution in [0.5, 0.6) is 0 Å². The molecule has 104 valence electrons. The van der Waals surface area contributed by atoms with Crippen molar-refractivity contribution in [2.75, 3.05) is 26.7 Å². The van der Waals surface area contributed by atoms with Crippen molar-refractivity contribution >= 4 is 17.5 Å². The highest BCUT2D eigenvalue weighted by molar-refractivity contribution is 6.30. The molecule has 1 aromatic rings. The van der Waals surface area contributed by atoms with Gasteiger partial charge in [-0.2, -0.15) is 0 Å². The molecule has 1 aliphatic rings. The van der Waals surface area contributed by atoms with Crippen molar-refractivity contribution in [3.05, 3.63) is 34.9 Å². The summed E-state index contributed by atoms with van der Waals surface area (Å²) in [6.07, 6.45) is 0. The summed E-state index contributed by atoms with van der Waals surface area (Å²) >= 11 is 6.04. The number of nitrogens with one attached hydrogen (secondary N) is 2. The Morgan fingerprint density at radius 3 is 3.05 bits per heavy atom. The fourth-order valence-corrected chi connectivity index (χ4v) is 2.75. The Labute approximate surface area is 119 Å². The molecule has 5 heteroatoms. The summed E-state index contributed by atoms with van der Waals surface area (Å²) in [6, 6.07) is 7.88. The van der Waals surface area contributed by atoms with Gasteiger partial charge >= 0.3 is 0 Å². The van der Waals surface area contributed by atoms with Crippen LogP contribution in [-0.4, -0.2) is 43.5 Å². The molecule has 2 rings (SSSR count). The number of likely N-dealkylation sites (N-methyl/N-ethyl adjacent to an activating group) is 1. The first-order valence-electron chi connectivity index (χ1n) is 6.57. The van der Waals surface area contributed by atoms with Crippen molar-refractivity contribution in [3.63, 3.8) is 0 Å². The summed E-state index contributed by atoms with van der Waals surface area (Å²) in [7, 11) is 1.68. The molecule has 1 aliphatic heterocycles. The lowest BCUT2D eigenvalue weighted by Gasteiger charge is -2.39. The van der Waals surface area contributed by atoms with Gasteiger partial charge in [0, 0.05) is 37.7 Å². The zero-order valence-corrected chi connectivity index (χ0v) is 12.1. The quantitative estimate of drug-likeness (QED) is 0.881. The molecule has 4 nitrogen and oxygen atoms in total. The summed E-state index contributed by atoms with van der Waals surface area (Å²) in [5, 5.41) is 6.74. The predicted molar refractivity (Wildman–Crippen MR) is 77.3 cm³/mol. The van der Waals surface area contributed by atoms with Gasteiger partial charge in [0.1, 0.15) is 6.04 Å². The van der Waals surface area contributed by atoms with E-state index in [1.165, 1.54) is 0 Å². The first-order valence-corrected chi connectivity index (χ1v) is 6.95. The van der Waals surface area contributed by atoms with E-state index in [9.17, 15) is 4.79 Å². The molecule has 0 bridgehead atoms. The van der Waals surface area contributed by atoms with Crippen LogP contribution in [0.15, 0.2) is 24.3 Å². The molecule has 0 saturated carbocycles. The Hall–Kier alpha value is -1.10. The summed E-state index contributed by atoms with van der Waals surface area (Å²) in [6.45, 7) is 4.56. The Balaban J connectivity index is 2.19. The summed E-state index contributed by atoms with van der Waals surface area (Å²) < 4.78 is 0. The first-order chi connectivity index (χ1) is 9.13. The van der Waals surface area contributed by atoms with Crippen LogP contribution in [0.1, 0.15) is 18.5 Å². The summed E-state index contributed by atoms with van der Waals surface area (Å²) in [4.78, 5) is 14.2. The molecule has 2 N–H and O–H groups in total. The van der Waals surface area contributed by atoms with Gasteiger partial charge in [-0.05, 0) is 24.6 Å². The summed E-state index contributed by atoms with van der Waals surface area (Å²) in [5.74, 6) is 0.0566. The lowest BCUT2D eigenvalue weighted by molar-refractivity contribution is -0.127. The highest BCUT2D eigenvalue weighted by Gasteiger charge is 2.31. The molecule has 0 aliphatic carbocycles. The molecule has 1 heterocycles. The second-order valence-electron chi connectivity index (χ2n) is 4.80. The fourth-order valence-electron chi connectivity index (χ4n) is 2.55. The molecule has 0 radical (unpaired) electrons. The maximum Gasteiger partial charge on any atom is 0.238 e. The van der Waals surface area contributed by atoms with Crippen LogP contribution in [0.3, 0.4) is 0 Å². The van der Waals surface area contributed by atoms with Crippen LogP contribution in [-0.2, 0) is 4.79 Å². The van der Waals surface area contributed by atoms with Crippen molar-refractivity contribution in [2.45, 2.75) is 19.0 Å². The maximum absolute atomic E-state index is 12.0. The smallest absolute Gasteiger partial charge is 0.238 e. The number of piperazine rings is 1. The molecule has 1 fully saturated rings. The molecular formula is C14H20ClN3O. The van der Waals surface area contributed by atoms with Crippen molar-refractivity contribution < 1.29 is 4.79 Å². The van der Waals surface area contributed by atoms with E-state index in [-0.39, 0.29) is 18.0 Å².